The van der Waals surface area contributed by atoms with Gasteiger partial charge >= 0.3 is 5.97 Å². The van der Waals surface area contributed by atoms with Gasteiger partial charge in [-0.25, -0.2) is 4.79 Å². The number of nitrogens with one attached hydrogen (secondary N) is 1. The van der Waals surface area contributed by atoms with Crippen molar-refractivity contribution in [3.63, 3.8) is 0 Å². The number of nitriles is 1. The second-order valence-corrected chi connectivity index (χ2v) is 3.18. The topological polar surface area (TPSA) is 75.0 Å². The third-order valence-corrected chi connectivity index (χ3v) is 2.37. The van der Waals surface area contributed by atoms with Crippen LogP contribution in [-0.2, 0) is 17.8 Å². The fraction of sp³-hybridized carbons (Fsp3) is 0.300. The van der Waals surface area contributed by atoms with E-state index in [1.807, 2.05) is 6.07 Å². The van der Waals surface area contributed by atoms with Crippen LogP contribution in [0.15, 0.2) is 6.20 Å². The van der Waals surface area contributed by atoms with Gasteiger partial charge < -0.3 is 10.1 Å². The summed E-state index contributed by atoms with van der Waals surface area (Å²) in [7, 11) is 1.30. The van der Waals surface area contributed by atoms with Gasteiger partial charge in [0.05, 0.1) is 23.9 Å². The molecule has 0 radical (unpaired) electrons. The number of pyridine rings is 1. The molecule has 2 rings (SSSR count). The van der Waals surface area contributed by atoms with Crippen molar-refractivity contribution in [2.45, 2.75) is 13.1 Å². The van der Waals surface area contributed by atoms with Gasteiger partial charge in [0.15, 0.2) is 0 Å². The number of hydrogen-bond donors (Lipinski definition) is 1. The predicted octanol–water partition coefficient (Wildman–Crippen LogP) is 0.343. The number of methoxy groups -OCH3 is 1. The second-order valence-electron chi connectivity index (χ2n) is 3.18. The molecule has 76 valence electrons. The normalized spacial score (nSPS) is 13.1. The first-order valence-electron chi connectivity index (χ1n) is 4.47. The Morgan fingerprint density at radius 3 is 3.13 bits per heavy atom. The Morgan fingerprint density at radius 2 is 2.47 bits per heavy atom. The van der Waals surface area contributed by atoms with E-state index in [2.05, 4.69) is 15.0 Å². The molecular weight excluding hydrogens is 194 g/mol. The number of carbonyl (C=O) groups is 1. The minimum absolute atomic E-state index is 0.268. The molecule has 5 nitrogen and oxygen atoms in total. The molecule has 1 aliphatic heterocycles. The summed E-state index contributed by atoms with van der Waals surface area (Å²) in [6, 6.07) is 1.95. The fourth-order valence-corrected chi connectivity index (χ4v) is 1.66. The molecule has 0 unspecified atom stereocenters. The number of ether oxygens (including phenoxy) is 1. The van der Waals surface area contributed by atoms with Crippen molar-refractivity contribution < 1.29 is 9.53 Å². The Labute approximate surface area is 86.7 Å². The molecule has 2 heterocycles. The van der Waals surface area contributed by atoms with Crippen molar-refractivity contribution >= 4 is 5.97 Å². The summed E-state index contributed by atoms with van der Waals surface area (Å²) in [5.74, 6) is -0.478. The van der Waals surface area contributed by atoms with Crippen LogP contribution in [0.1, 0.15) is 27.2 Å². The van der Waals surface area contributed by atoms with Crippen LogP contribution in [0.4, 0.5) is 0 Å². The van der Waals surface area contributed by atoms with E-state index in [1.54, 1.807) is 0 Å². The number of rotatable bonds is 1. The summed E-state index contributed by atoms with van der Waals surface area (Å²) in [6.45, 7) is 1.19. The standard InChI is InChI=1S/C10H9N3O2/c1-15-10(14)9-6(2-11)3-13-8-5-12-4-7(8)9/h3,12H,4-5H2,1H3. The molecule has 0 amide bonds. The second kappa shape index (κ2) is 3.67. The Bertz CT molecular complexity index is 462. The average molecular weight is 203 g/mol. The molecule has 0 aliphatic carbocycles. The number of hydrogen-bond acceptors (Lipinski definition) is 5. The van der Waals surface area contributed by atoms with Gasteiger partial charge in [-0.05, 0) is 0 Å². The number of nitrogens with zero attached hydrogens (tertiary/aromatic N) is 2. The predicted molar refractivity (Wildman–Crippen MR) is 50.8 cm³/mol. The number of carbonyl (C=O) groups excluding carboxylic acids is 1. The molecule has 5 heteroatoms. The number of esters is 1. The number of aromatic nitrogens is 1. The Kier molecular flexibility index (Phi) is 2.35. The zero-order valence-corrected chi connectivity index (χ0v) is 8.20. The van der Waals surface area contributed by atoms with Gasteiger partial charge in [-0.15, -0.1) is 0 Å². The van der Waals surface area contributed by atoms with Crippen LogP contribution in [0, 0.1) is 11.3 Å². The molecule has 1 aliphatic rings. The van der Waals surface area contributed by atoms with Gasteiger partial charge in [0.1, 0.15) is 6.07 Å². The van der Waals surface area contributed by atoms with E-state index >= 15 is 0 Å². The highest BCUT2D eigenvalue weighted by molar-refractivity contribution is 5.94. The van der Waals surface area contributed by atoms with E-state index in [4.69, 9.17) is 5.26 Å². The zero-order chi connectivity index (χ0) is 10.8. The van der Waals surface area contributed by atoms with E-state index in [9.17, 15) is 4.79 Å². The van der Waals surface area contributed by atoms with Gasteiger partial charge in [-0.2, -0.15) is 5.26 Å². The molecule has 0 saturated heterocycles. The van der Waals surface area contributed by atoms with Gasteiger partial charge in [0.2, 0.25) is 0 Å². The van der Waals surface area contributed by atoms with Gasteiger partial charge in [0.25, 0.3) is 0 Å². The van der Waals surface area contributed by atoms with E-state index in [0.717, 1.165) is 11.3 Å². The first-order valence-corrected chi connectivity index (χ1v) is 4.47. The molecule has 0 atom stereocenters. The van der Waals surface area contributed by atoms with Crippen LogP contribution in [0.25, 0.3) is 0 Å². The van der Waals surface area contributed by atoms with Gasteiger partial charge in [-0.1, -0.05) is 0 Å². The van der Waals surface area contributed by atoms with Crippen molar-refractivity contribution in [1.29, 1.82) is 5.26 Å². The molecule has 1 aromatic heterocycles. The van der Waals surface area contributed by atoms with Crippen molar-refractivity contribution in [3.8, 4) is 6.07 Å². The van der Waals surface area contributed by atoms with Crippen LogP contribution in [-0.4, -0.2) is 18.1 Å². The lowest BCUT2D eigenvalue weighted by Gasteiger charge is -2.06. The fourth-order valence-electron chi connectivity index (χ4n) is 1.66. The molecule has 0 saturated carbocycles. The first kappa shape index (κ1) is 9.62. The van der Waals surface area contributed by atoms with Crippen molar-refractivity contribution in [1.82, 2.24) is 10.3 Å². The van der Waals surface area contributed by atoms with Crippen molar-refractivity contribution in [2.24, 2.45) is 0 Å². The molecule has 0 aromatic carbocycles. The minimum atomic E-state index is -0.478. The SMILES string of the molecule is COC(=O)c1c(C#N)cnc2c1CNC2. The summed E-state index contributed by atoms with van der Waals surface area (Å²) in [4.78, 5) is 15.6. The van der Waals surface area contributed by atoms with E-state index in [-0.39, 0.29) is 5.56 Å². The van der Waals surface area contributed by atoms with Crippen LogP contribution in [0.3, 0.4) is 0 Å². The largest absolute Gasteiger partial charge is 0.465 e. The lowest BCUT2D eigenvalue weighted by Crippen LogP contribution is -2.10. The van der Waals surface area contributed by atoms with Crippen LogP contribution in [0.2, 0.25) is 0 Å². The van der Waals surface area contributed by atoms with Crippen LogP contribution >= 0.6 is 0 Å². The summed E-state index contributed by atoms with van der Waals surface area (Å²) < 4.78 is 4.66. The third kappa shape index (κ3) is 1.45. The molecule has 15 heavy (non-hydrogen) atoms. The van der Waals surface area contributed by atoms with E-state index in [0.29, 0.717) is 18.7 Å². The zero-order valence-electron chi connectivity index (χ0n) is 8.20. The van der Waals surface area contributed by atoms with E-state index < -0.39 is 5.97 Å². The quantitative estimate of drug-likeness (QED) is 0.666. The molecule has 1 N–H and O–H groups in total. The summed E-state index contributed by atoms with van der Waals surface area (Å²) >= 11 is 0. The maximum atomic E-state index is 11.5. The maximum Gasteiger partial charge on any atom is 0.339 e. The van der Waals surface area contributed by atoms with Crippen molar-refractivity contribution in [2.75, 3.05) is 7.11 Å². The Morgan fingerprint density at radius 1 is 1.67 bits per heavy atom. The molecule has 1 aromatic rings. The third-order valence-electron chi connectivity index (χ3n) is 2.37. The lowest BCUT2D eigenvalue weighted by atomic mass is 10.0. The van der Waals surface area contributed by atoms with Crippen molar-refractivity contribution in [3.05, 3.63) is 28.6 Å². The molecule has 0 fully saturated rings. The smallest absolute Gasteiger partial charge is 0.339 e. The van der Waals surface area contributed by atoms with E-state index in [1.165, 1.54) is 13.3 Å². The summed E-state index contributed by atoms with van der Waals surface area (Å²) in [5.41, 5.74) is 2.20. The van der Waals surface area contributed by atoms with Crippen LogP contribution in [0.5, 0.6) is 0 Å². The lowest BCUT2D eigenvalue weighted by molar-refractivity contribution is 0.0599. The minimum Gasteiger partial charge on any atom is -0.465 e. The Hall–Kier alpha value is -1.93. The highest BCUT2D eigenvalue weighted by atomic mass is 16.5. The molecule has 0 spiro atoms. The highest BCUT2D eigenvalue weighted by Gasteiger charge is 2.23. The first-order chi connectivity index (χ1) is 7.27. The maximum absolute atomic E-state index is 11.5. The van der Waals surface area contributed by atoms with Gasteiger partial charge in [-0.3, -0.25) is 4.98 Å². The highest BCUT2D eigenvalue weighted by Crippen LogP contribution is 2.21. The monoisotopic (exact) mass is 203 g/mol. The average Bonchev–Trinajstić information content (AvgIpc) is 2.74. The molecule has 0 bridgehead atoms. The number of fused-ring (bicyclic) bond motifs is 1. The van der Waals surface area contributed by atoms with Crippen LogP contribution < -0.4 is 5.32 Å². The molecular formula is C10H9N3O2. The summed E-state index contributed by atoms with van der Waals surface area (Å²) in [6.07, 6.45) is 1.41. The Balaban J connectivity index is 2.63. The summed E-state index contributed by atoms with van der Waals surface area (Å²) in [5, 5.41) is 12.0. The van der Waals surface area contributed by atoms with Gasteiger partial charge in [0, 0.05) is 24.8 Å².